The fourth-order valence-electron chi connectivity index (χ4n) is 1.88. The van der Waals surface area contributed by atoms with Crippen LogP contribution in [-0.4, -0.2) is 24.6 Å². The van der Waals surface area contributed by atoms with Crippen LogP contribution < -0.4 is 15.8 Å². The van der Waals surface area contributed by atoms with Crippen molar-refractivity contribution in [1.29, 1.82) is 0 Å². The van der Waals surface area contributed by atoms with Crippen molar-refractivity contribution in [3.8, 4) is 5.75 Å². The van der Waals surface area contributed by atoms with Crippen LogP contribution in [0.1, 0.15) is 24.0 Å². The summed E-state index contributed by atoms with van der Waals surface area (Å²) >= 11 is 0. The van der Waals surface area contributed by atoms with E-state index in [2.05, 4.69) is 5.32 Å². The average molecular weight is 356 g/mol. The molecule has 134 valence electrons. The SMILES string of the molecule is NC1(C(=O)NCCOc2cc(C(F)(F)F)cc(C(F)(F)F)c2)CC1. The van der Waals surface area contributed by atoms with Gasteiger partial charge in [0.25, 0.3) is 0 Å². The molecular weight excluding hydrogens is 342 g/mol. The third-order valence-corrected chi connectivity index (χ3v) is 3.46. The molecule has 1 aromatic carbocycles. The Morgan fingerprint density at radius 2 is 1.58 bits per heavy atom. The van der Waals surface area contributed by atoms with Crippen molar-refractivity contribution in [2.45, 2.75) is 30.7 Å². The number of hydrogen-bond donors (Lipinski definition) is 2. The zero-order valence-electron chi connectivity index (χ0n) is 12.2. The number of carbonyl (C=O) groups excluding carboxylic acids is 1. The van der Waals surface area contributed by atoms with Gasteiger partial charge in [-0.2, -0.15) is 26.3 Å². The van der Waals surface area contributed by atoms with Gasteiger partial charge in [0.1, 0.15) is 12.4 Å². The summed E-state index contributed by atoms with van der Waals surface area (Å²) in [6, 6.07) is 0.963. The van der Waals surface area contributed by atoms with Crippen LogP contribution >= 0.6 is 0 Å². The van der Waals surface area contributed by atoms with Gasteiger partial charge < -0.3 is 15.8 Å². The minimum atomic E-state index is -4.94. The maximum absolute atomic E-state index is 12.7. The van der Waals surface area contributed by atoms with Crippen LogP contribution in [-0.2, 0) is 17.1 Å². The molecule has 0 heterocycles. The highest BCUT2D eigenvalue weighted by atomic mass is 19.4. The normalized spacial score (nSPS) is 16.6. The molecule has 2 rings (SSSR count). The third kappa shape index (κ3) is 4.53. The van der Waals surface area contributed by atoms with Gasteiger partial charge in [0, 0.05) is 0 Å². The smallest absolute Gasteiger partial charge is 0.416 e. The lowest BCUT2D eigenvalue weighted by atomic mass is 10.1. The van der Waals surface area contributed by atoms with Gasteiger partial charge in [-0.25, -0.2) is 0 Å². The number of amides is 1. The van der Waals surface area contributed by atoms with Crippen molar-refractivity contribution in [2.75, 3.05) is 13.2 Å². The maximum atomic E-state index is 12.7. The Bertz CT molecular complexity index is 590. The van der Waals surface area contributed by atoms with E-state index in [0.29, 0.717) is 25.0 Å². The van der Waals surface area contributed by atoms with E-state index in [-0.39, 0.29) is 19.2 Å². The Labute approximate surface area is 133 Å². The average Bonchev–Trinajstić information content (AvgIpc) is 3.20. The summed E-state index contributed by atoms with van der Waals surface area (Å²) in [6.45, 7) is -0.379. The highest BCUT2D eigenvalue weighted by Gasteiger charge is 2.45. The third-order valence-electron chi connectivity index (χ3n) is 3.46. The zero-order valence-corrected chi connectivity index (χ0v) is 12.2. The number of rotatable bonds is 5. The molecule has 0 radical (unpaired) electrons. The number of benzene rings is 1. The Morgan fingerprint density at radius 1 is 1.08 bits per heavy atom. The largest absolute Gasteiger partial charge is 0.492 e. The van der Waals surface area contributed by atoms with Crippen LogP contribution in [0.5, 0.6) is 5.75 Å². The first-order chi connectivity index (χ1) is 10.9. The molecule has 1 fully saturated rings. The second-order valence-electron chi connectivity index (χ2n) is 5.50. The Morgan fingerprint density at radius 3 is 2.00 bits per heavy atom. The molecule has 3 N–H and O–H groups in total. The Kier molecular flexibility index (Phi) is 4.71. The van der Waals surface area contributed by atoms with Gasteiger partial charge in [-0.05, 0) is 31.0 Å². The van der Waals surface area contributed by atoms with E-state index >= 15 is 0 Å². The molecule has 4 nitrogen and oxygen atoms in total. The number of alkyl halides is 6. The van der Waals surface area contributed by atoms with E-state index in [1.165, 1.54) is 0 Å². The Balaban J connectivity index is 2.02. The minimum absolute atomic E-state index is 0.0138. The van der Waals surface area contributed by atoms with Crippen molar-refractivity contribution in [1.82, 2.24) is 5.32 Å². The lowest BCUT2D eigenvalue weighted by molar-refractivity contribution is -0.143. The molecule has 0 atom stereocenters. The summed E-state index contributed by atoms with van der Waals surface area (Å²) in [6.07, 6.45) is -8.82. The minimum Gasteiger partial charge on any atom is -0.492 e. The first-order valence-electron chi connectivity index (χ1n) is 6.91. The van der Waals surface area contributed by atoms with Crippen molar-refractivity contribution in [3.05, 3.63) is 29.3 Å². The fraction of sp³-hybridized carbons (Fsp3) is 0.500. The molecule has 0 bridgehead atoms. The summed E-state index contributed by atoms with van der Waals surface area (Å²) in [5.74, 6) is -1.01. The van der Waals surface area contributed by atoms with E-state index in [1.54, 1.807) is 0 Å². The van der Waals surface area contributed by atoms with Crippen LogP contribution in [0.25, 0.3) is 0 Å². The molecule has 1 aliphatic carbocycles. The summed E-state index contributed by atoms with van der Waals surface area (Å²) < 4.78 is 81.0. The van der Waals surface area contributed by atoms with Gasteiger partial charge in [-0.3, -0.25) is 4.79 Å². The second-order valence-corrected chi connectivity index (χ2v) is 5.50. The highest BCUT2D eigenvalue weighted by Crippen LogP contribution is 2.38. The van der Waals surface area contributed by atoms with Crippen molar-refractivity contribution >= 4 is 5.91 Å². The van der Waals surface area contributed by atoms with Gasteiger partial charge in [0.15, 0.2) is 0 Å². The highest BCUT2D eigenvalue weighted by molar-refractivity contribution is 5.88. The summed E-state index contributed by atoms with van der Waals surface area (Å²) in [7, 11) is 0. The van der Waals surface area contributed by atoms with E-state index in [0.717, 1.165) is 0 Å². The van der Waals surface area contributed by atoms with Crippen LogP contribution in [0.15, 0.2) is 18.2 Å². The van der Waals surface area contributed by atoms with E-state index < -0.39 is 40.7 Å². The first-order valence-corrected chi connectivity index (χ1v) is 6.91. The monoisotopic (exact) mass is 356 g/mol. The van der Waals surface area contributed by atoms with Crippen LogP contribution in [0.2, 0.25) is 0 Å². The predicted molar refractivity (Wildman–Crippen MR) is 71.1 cm³/mol. The number of ether oxygens (including phenoxy) is 1. The van der Waals surface area contributed by atoms with Gasteiger partial charge in [0.2, 0.25) is 5.91 Å². The number of halogens is 6. The molecule has 24 heavy (non-hydrogen) atoms. The number of hydrogen-bond acceptors (Lipinski definition) is 3. The van der Waals surface area contributed by atoms with Crippen molar-refractivity contribution in [3.63, 3.8) is 0 Å². The molecule has 0 aliphatic heterocycles. The zero-order chi connectivity index (χ0) is 18.2. The summed E-state index contributed by atoms with van der Waals surface area (Å²) in [4.78, 5) is 11.5. The van der Waals surface area contributed by atoms with Gasteiger partial charge >= 0.3 is 12.4 Å². The molecule has 10 heteroatoms. The van der Waals surface area contributed by atoms with Crippen LogP contribution in [0.4, 0.5) is 26.3 Å². The second kappa shape index (κ2) is 6.15. The van der Waals surface area contributed by atoms with Gasteiger partial charge in [0.05, 0.1) is 23.2 Å². The lowest BCUT2D eigenvalue weighted by Gasteiger charge is -2.15. The van der Waals surface area contributed by atoms with Gasteiger partial charge in [-0.15, -0.1) is 0 Å². The lowest BCUT2D eigenvalue weighted by Crippen LogP contribution is -2.44. The summed E-state index contributed by atoms with van der Waals surface area (Å²) in [5, 5.41) is 2.41. The topological polar surface area (TPSA) is 64.4 Å². The van der Waals surface area contributed by atoms with E-state index in [9.17, 15) is 31.1 Å². The van der Waals surface area contributed by atoms with Crippen molar-refractivity contribution < 1.29 is 35.9 Å². The molecule has 0 saturated heterocycles. The summed E-state index contributed by atoms with van der Waals surface area (Å²) in [5.41, 5.74) is 1.77. The standard InChI is InChI=1S/C14H14F6N2O2/c15-13(16,17)8-5-9(14(18,19)20)7-10(6-8)24-4-3-22-11(23)12(21)1-2-12/h5-7H,1-4,21H2,(H,22,23). The van der Waals surface area contributed by atoms with E-state index in [4.69, 9.17) is 10.5 Å². The maximum Gasteiger partial charge on any atom is 0.416 e. The quantitative estimate of drug-likeness (QED) is 0.630. The molecule has 0 aromatic heterocycles. The molecule has 0 spiro atoms. The van der Waals surface area contributed by atoms with E-state index in [1.807, 2.05) is 0 Å². The molecule has 0 unspecified atom stereocenters. The first kappa shape index (κ1) is 18.4. The number of nitrogens with two attached hydrogens (primary N) is 1. The molecule has 1 amide bonds. The fourth-order valence-corrected chi connectivity index (χ4v) is 1.88. The molecule has 1 aliphatic rings. The van der Waals surface area contributed by atoms with Crippen LogP contribution in [0, 0.1) is 0 Å². The van der Waals surface area contributed by atoms with Crippen molar-refractivity contribution in [2.24, 2.45) is 5.73 Å². The number of nitrogens with one attached hydrogen (secondary N) is 1. The molecular formula is C14H14F6N2O2. The van der Waals surface area contributed by atoms with Crippen LogP contribution in [0.3, 0.4) is 0 Å². The Hall–Kier alpha value is -1.97. The molecule has 1 saturated carbocycles. The number of carbonyl (C=O) groups is 1. The molecule has 1 aromatic rings. The predicted octanol–water partition coefficient (Wildman–Crippen LogP) is 2.71. The van der Waals surface area contributed by atoms with Gasteiger partial charge in [-0.1, -0.05) is 0 Å².